The summed E-state index contributed by atoms with van der Waals surface area (Å²) in [6.07, 6.45) is 4.79. The van der Waals surface area contributed by atoms with E-state index in [0.717, 1.165) is 33.4 Å². The second-order valence-electron chi connectivity index (χ2n) is 16.0. The van der Waals surface area contributed by atoms with Gasteiger partial charge in [-0.05, 0) is 76.5 Å². The normalized spacial score (nSPS) is 12.1. The smallest absolute Gasteiger partial charge is 0.306 e. The summed E-state index contributed by atoms with van der Waals surface area (Å²) in [6, 6.07) is 7.94. The minimum atomic E-state index is -0.475. The Balaban J connectivity index is 2.34. The number of esters is 1. The van der Waals surface area contributed by atoms with Gasteiger partial charge in [0.2, 0.25) is 5.91 Å². The van der Waals surface area contributed by atoms with Crippen molar-refractivity contribution in [2.45, 2.75) is 129 Å². The maximum Gasteiger partial charge on any atom is 0.306 e. The number of rotatable bonds is 19. The molecular formula is C41H62N2O7. The van der Waals surface area contributed by atoms with Gasteiger partial charge in [0.1, 0.15) is 11.5 Å². The number of carbonyl (C=O) groups excluding carboxylic acids is 3. The van der Waals surface area contributed by atoms with Gasteiger partial charge in [0.05, 0.1) is 0 Å². The van der Waals surface area contributed by atoms with Crippen molar-refractivity contribution in [3.8, 4) is 11.5 Å². The van der Waals surface area contributed by atoms with E-state index in [4.69, 9.17) is 9.84 Å². The highest BCUT2D eigenvalue weighted by molar-refractivity contribution is 5.80. The second-order valence-corrected chi connectivity index (χ2v) is 16.0. The topological polar surface area (TPSA) is 145 Å². The minimum absolute atomic E-state index is 0.0317. The third-order valence-electron chi connectivity index (χ3n) is 9.36. The first-order valence-electron chi connectivity index (χ1n) is 17.9. The number of hydrogen-bond donors (Lipinski definition) is 5. The molecule has 0 saturated heterocycles. The monoisotopic (exact) mass is 694 g/mol. The van der Waals surface area contributed by atoms with Crippen molar-refractivity contribution in [3.05, 3.63) is 70.3 Å². The number of hydrogen-bond acceptors (Lipinski definition) is 7. The van der Waals surface area contributed by atoms with Crippen LogP contribution >= 0.6 is 0 Å². The molecule has 0 bridgehead atoms. The number of nitrogens with one attached hydrogen (secondary N) is 2. The summed E-state index contributed by atoms with van der Waals surface area (Å²) >= 11 is 0. The van der Waals surface area contributed by atoms with Crippen molar-refractivity contribution in [1.29, 1.82) is 0 Å². The first-order valence-corrected chi connectivity index (χ1v) is 17.9. The summed E-state index contributed by atoms with van der Waals surface area (Å²) in [7, 11) is 0. The lowest BCUT2D eigenvalue weighted by molar-refractivity contribution is -0.148. The lowest BCUT2D eigenvalue weighted by Crippen LogP contribution is -2.28. The minimum Gasteiger partial charge on any atom is -0.507 e. The van der Waals surface area contributed by atoms with E-state index in [1.165, 1.54) is 0 Å². The van der Waals surface area contributed by atoms with E-state index in [9.17, 15) is 24.6 Å². The summed E-state index contributed by atoms with van der Waals surface area (Å²) in [5, 5.41) is 37.6. The molecule has 0 fully saturated rings. The quantitative estimate of drug-likeness (QED) is 0.0621. The molecule has 2 rings (SSSR count). The molecule has 5 N–H and O–H groups in total. The van der Waals surface area contributed by atoms with Gasteiger partial charge in [-0.1, -0.05) is 92.7 Å². The van der Waals surface area contributed by atoms with E-state index in [-0.39, 0.29) is 54.3 Å². The van der Waals surface area contributed by atoms with Gasteiger partial charge in [-0.2, -0.15) is 0 Å². The van der Waals surface area contributed by atoms with E-state index in [0.29, 0.717) is 51.6 Å². The van der Waals surface area contributed by atoms with Crippen LogP contribution in [0, 0.1) is 0 Å². The zero-order valence-electron chi connectivity index (χ0n) is 31.9. The highest BCUT2D eigenvalue weighted by Gasteiger charge is 2.34. The van der Waals surface area contributed by atoms with Gasteiger partial charge >= 0.3 is 5.97 Å². The Kier molecular flexibility index (Phi) is 15.6. The van der Waals surface area contributed by atoms with E-state index in [2.05, 4.69) is 44.9 Å². The number of aliphatic hydroxyl groups excluding tert-OH is 1. The fourth-order valence-corrected chi connectivity index (χ4v) is 5.99. The Labute approximate surface area is 299 Å². The van der Waals surface area contributed by atoms with Crippen LogP contribution in [0.4, 0.5) is 0 Å². The SMILES string of the molecule is C=CCNC(=O)COC(=O)CCc1cc(C(C)(C)C)c(O)c(C(C)(C)CCC(C)(C)c2cc(CCC(=O)NCCCO)cc(C(C)C)c2O)c1. The zero-order valence-corrected chi connectivity index (χ0v) is 31.9. The summed E-state index contributed by atoms with van der Waals surface area (Å²) in [6.45, 7) is 22.7. The average Bonchev–Trinajstić information content (AvgIpc) is 3.03. The number of aromatic hydroxyl groups is 2. The molecule has 0 aliphatic carbocycles. The van der Waals surface area contributed by atoms with Gasteiger partial charge in [-0.15, -0.1) is 6.58 Å². The van der Waals surface area contributed by atoms with Crippen molar-refractivity contribution >= 4 is 17.8 Å². The van der Waals surface area contributed by atoms with Crippen LogP contribution in [0.3, 0.4) is 0 Å². The number of ether oxygens (including phenoxy) is 1. The van der Waals surface area contributed by atoms with E-state index >= 15 is 0 Å². The molecule has 0 heterocycles. The average molecular weight is 695 g/mol. The first kappa shape index (κ1) is 42.3. The fraction of sp³-hybridized carbons (Fsp3) is 0.585. The summed E-state index contributed by atoms with van der Waals surface area (Å²) in [4.78, 5) is 36.7. The van der Waals surface area contributed by atoms with Gasteiger partial charge in [-0.25, -0.2) is 0 Å². The van der Waals surface area contributed by atoms with Crippen molar-refractivity contribution in [2.75, 3.05) is 26.3 Å². The molecule has 0 aliphatic heterocycles. The third kappa shape index (κ3) is 12.5. The van der Waals surface area contributed by atoms with Crippen LogP contribution in [0.25, 0.3) is 0 Å². The maximum absolute atomic E-state index is 12.5. The number of aryl methyl sites for hydroxylation is 2. The molecule has 2 aromatic rings. The van der Waals surface area contributed by atoms with Crippen LogP contribution in [-0.4, -0.2) is 59.4 Å². The number of aliphatic hydroxyl groups is 1. The standard InChI is InChI=1S/C41H62N2O7/c1-11-19-42-35(46)26-50-36(47)16-14-29-23-31(39(4,5)6)38(49)33(25-29)41(9,10)18-17-40(7,8)32-24-28(22-30(27(2)3)37(32)48)13-15-34(45)43-20-12-21-44/h11,22-25,27,44,48-49H,1,12-21,26H2,2-10H3,(H,42,46)(H,43,45). The number of phenolic OH excluding ortho intramolecular Hbond substituents is 2. The number of amides is 2. The van der Waals surface area contributed by atoms with Crippen molar-refractivity contribution in [1.82, 2.24) is 10.6 Å². The highest BCUT2D eigenvalue weighted by atomic mass is 16.5. The molecule has 2 amide bonds. The van der Waals surface area contributed by atoms with Gasteiger partial charge in [-0.3, -0.25) is 14.4 Å². The molecule has 0 spiro atoms. The van der Waals surface area contributed by atoms with Gasteiger partial charge < -0.3 is 30.7 Å². The van der Waals surface area contributed by atoms with Gasteiger partial charge in [0, 0.05) is 43.7 Å². The van der Waals surface area contributed by atoms with Crippen LogP contribution in [-0.2, 0) is 48.2 Å². The van der Waals surface area contributed by atoms with E-state index in [1.807, 2.05) is 58.9 Å². The van der Waals surface area contributed by atoms with Crippen molar-refractivity contribution < 1.29 is 34.4 Å². The molecule has 0 aromatic heterocycles. The van der Waals surface area contributed by atoms with Gasteiger partial charge in [0.15, 0.2) is 6.61 Å². The number of phenols is 2. The van der Waals surface area contributed by atoms with Crippen LogP contribution in [0.2, 0.25) is 0 Å². The maximum atomic E-state index is 12.5. The summed E-state index contributed by atoms with van der Waals surface area (Å²) in [5.41, 5.74) is 3.89. The predicted molar refractivity (Wildman–Crippen MR) is 200 cm³/mol. The second kappa shape index (κ2) is 18.4. The van der Waals surface area contributed by atoms with Crippen LogP contribution < -0.4 is 10.6 Å². The first-order chi connectivity index (χ1) is 23.2. The molecule has 2 aromatic carbocycles. The van der Waals surface area contributed by atoms with E-state index in [1.54, 1.807) is 6.08 Å². The van der Waals surface area contributed by atoms with Crippen LogP contribution in [0.15, 0.2) is 36.9 Å². The molecule has 50 heavy (non-hydrogen) atoms. The molecular weight excluding hydrogens is 632 g/mol. The Bertz CT molecular complexity index is 1480. The molecule has 0 saturated carbocycles. The Morgan fingerprint density at radius 1 is 0.800 bits per heavy atom. The summed E-state index contributed by atoms with van der Waals surface area (Å²) in [5.74, 6) is -0.319. The Morgan fingerprint density at radius 2 is 1.34 bits per heavy atom. The lowest BCUT2D eigenvalue weighted by atomic mass is 9.70. The lowest BCUT2D eigenvalue weighted by Gasteiger charge is -2.35. The molecule has 0 unspecified atom stereocenters. The molecule has 278 valence electrons. The highest BCUT2D eigenvalue weighted by Crippen LogP contribution is 2.46. The van der Waals surface area contributed by atoms with Crippen LogP contribution in [0.5, 0.6) is 11.5 Å². The Morgan fingerprint density at radius 3 is 1.88 bits per heavy atom. The van der Waals surface area contributed by atoms with Crippen LogP contribution in [0.1, 0.15) is 134 Å². The number of benzene rings is 2. The van der Waals surface area contributed by atoms with Gasteiger partial charge in [0.25, 0.3) is 5.91 Å². The van der Waals surface area contributed by atoms with E-state index < -0.39 is 16.8 Å². The molecule has 0 aliphatic rings. The van der Waals surface area contributed by atoms with Crippen molar-refractivity contribution in [3.63, 3.8) is 0 Å². The predicted octanol–water partition coefficient (Wildman–Crippen LogP) is 6.76. The summed E-state index contributed by atoms with van der Waals surface area (Å²) < 4.78 is 5.16. The molecule has 9 nitrogen and oxygen atoms in total. The number of carbonyl (C=O) groups is 3. The molecule has 0 radical (unpaired) electrons. The molecule has 9 heteroatoms. The van der Waals surface area contributed by atoms with Crippen molar-refractivity contribution in [2.24, 2.45) is 0 Å². The zero-order chi connectivity index (χ0) is 37.9. The Hall–Kier alpha value is -3.85. The third-order valence-corrected chi connectivity index (χ3v) is 9.36. The largest absolute Gasteiger partial charge is 0.507 e. The molecule has 0 atom stereocenters. The fourth-order valence-electron chi connectivity index (χ4n) is 5.99.